The van der Waals surface area contributed by atoms with Crippen molar-refractivity contribution in [3.05, 3.63) is 78.4 Å². The van der Waals surface area contributed by atoms with Crippen LogP contribution >= 0.6 is 0 Å². The summed E-state index contributed by atoms with van der Waals surface area (Å²) in [6.45, 7) is 0. The molecule has 0 saturated carbocycles. The average molecular weight is 320 g/mol. The van der Waals surface area contributed by atoms with Gasteiger partial charge in [0.15, 0.2) is 11.5 Å². The van der Waals surface area contributed by atoms with Crippen LogP contribution in [0.15, 0.2) is 77.9 Å². The van der Waals surface area contributed by atoms with E-state index in [4.69, 9.17) is 0 Å². The summed E-state index contributed by atoms with van der Waals surface area (Å²) in [6, 6.07) is 21.5. The van der Waals surface area contributed by atoms with Gasteiger partial charge in [0, 0.05) is 11.6 Å². The third-order valence-corrected chi connectivity index (χ3v) is 3.44. The Hall–Kier alpha value is -3.47. The first-order valence-corrected chi connectivity index (χ1v) is 7.34. The monoisotopic (exact) mass is 320 g/mol. The van der Waals surface area contributed by atoms with Crippen molar-refractivity contribution in [1.82, 2.24) is 0 Å². The molecule has 3 aromatic rings. The summed E-state index contributed by atoms with van der Waals surface area (Å²) < 4.78 is 0. The Morgan fingerprint density at radius 2 is 1.17 bits per heavy atom. The van der Waals surface area contributed by atoms with Gasteiger partial charge in [-0.25, -0.2) is 5.01 Å². The van der Waals surface area contributed by atoms with Gasteiger partial charge in [-0.05, 0) is 30.3 Å². The predicted octanol–water partition coefficient (Wildman–Crippen LogP) is 3.98. The molecule has 120 valence electrons. The zero-order chi connectivity index (χ0) is 16.9. The molecule has 0 atom stereocenters. The van der Waals surface area contributed by atoms with E-state index in [9.17, 15) is 15.3 Å². The van der Waals surface area contributed by atoms with Crippen LogP contribution < -0.4 is 5.01 Å². The van der Waals surface area contributed by atoms with Crippen LogP contribution in [-0.4, -0.2) is 21.5 Å². The molecule has 0 spiro atoms. The first kappa shape index (κ1) is 15.4. The molecule has 0 saturated heterocycles. The molecule has 5 heteroatoms. The standard InChI is InChI=1S/C19H16N2O3/c22-17-12-19(24)18(23)11-14(17)13-20-21(15-7-3-1-4-8-15)16-9-5-2-6-10-16/h1-13,22-24H/b20-13+. The van der Waals surface area contributed by atoms with Crippen LogP contribution in [0.3, 0.4) is 0 Å². The van der Waals surface area contributed by atoms with Gasteiger partial charge in [-0.15, -0.1) is 0 Å². The highest BCUT2D eigenvalue weighted by atomic mass is 16.3. The topological polar surface area (TPSA) is 76.3 Å². The molecule has 0 aromatic heterocycles. The number of rotatable bonds is 4. The minimum atomic E-state index is -0.382. The fraction of sp³-hybridized carbons (Fsp3) is 0. The Bertz CT molecular complexity index is 810. The smallest absolute Gasteiger partial charge is 0.161 e. The number of anilines is 2. The molecule has 0 amide bonds. The maximum Gasteiger partial charge on any atom is 0.161 e. The molecule has 0 heterocycles. The number of para-hydroxylation sites is 2. The number of nitrogens with zero attached hydrogens (tertiary/aromatic N) is 2. The van der Waals surface area contributed by atoms with Gasteiger partial charge in [0.2, 0.25) is 0 Å². The van der Waals surface area contributed by atoms with Crippen molar-refractivity contribution in [2.24, 2.45) is 5.10 Å². The van der Waals surface area contributed by atoms with E-state index < -0.39 is 0 Å². The number of hydrogen-bond donors (Lipinski definition) is 3. The Morgan fingerprint density at radius 1 is 0.667 bits per heavy atom. The van der Waals surface area contributed by atoms with E-state index in [1.165, 1.54) is 12.3 Å². The first-order chi connectivity index (χ1) is 11.6. The zero-order valence-electron chi connectivity index (χ0n) is 12.7. The lowest BCUT2D eigenvalue weighted by atomic mass is 10.2. The molecular formula is C19H16N2O3. The van der Waals surface area contributed by atoms with Crippen molar-refractivity contribution >= 4 is 17.6 Å². The van der Waals surface area contributed by atoms with E-state index >= 15 is 0 Å². The molecule has 24 heavy (non-hydrogen) atoms. The summed E-state index contributed by atoms with van der Waals surface area (Å²) in [5.41, 5.74) is 1.99. The fourth-order valence-electron chi connectivity index (χ4n) is 2.23. The summed E-state index contributed by atoms with van der Waals surface area (Å²) in [6.07, 6.45) is 1.43. The Labute approximate surface area is 139 Å². The highest BCUT2D eigenvalue weighted by molar-refractivity contribution is 5.86. The highest BCUT2D eigenvalue weighted by Crippen LogP contribution is 2.32. The van der Waals surface area contributed by atoms with Gasteiger partial charge in [0.1, 0.15) is 5.75 Å². The second-order valence-electron chi connectivity index (χ2n) is 5.13. The van der Waals surface area contributed by atoms with Crippen LogP contribution in [0.5, 0.6) is 17.2 Å². The van der Waals surface area contributed by atoms with E-state index in [1.807, 2.05) is 60.7 Å². The van der Waals surface area contributed by atoms with Crippen LogP contribution in [-0.2, 0) is 0 Å². The van der Waals surface area contributed by atoms with Crippen molar-refractivity contribution in [3.63, 3.8) is 0 Å². The molecule has 0 radical (unpaired) electrons. The third kappa shape index (κ3) is 3.30. The van der Waals surface area contributed by atoms with Gasteiger partial charge in [-0.1, -0.05) is 36.4 Å². The minimum absolute atomic E-state index is 0.171. The molecule has 0 fully saturated rings. The van der Waals surface area contributed by atoms with Crippen LogP contribution in [0, 0.1) is 0 Å². The number of hydrazone groups is 1. The largest absolute Gasteiger partial charge is 0.507 e. The van der Waals surface area contributed by atoms with Crippen molar-refractivity contribution in [3.8, 4) is 17.2 Å². The van der Waals surface area contributed by atoms with Crippen molar-refractivity contribution in [2.75, 3.05) is 5.01 Å². The van der Waals surface area contributed by atoms with Gasteiger partial charge in [0.05, 0.1) is 17.6 Å². The lowest BCUT2D eigenvalue weighted by Gasteiger charge is -2.19. The number of benzene rings is 3. The minimum Gasteiger partial charge on any atom is -0.507 e. The summed E-state index contributed by atoms with van der Waals surface area (Å²) >= 11 is 0. The van der Waals surface area contributed by atoms with Gasteiger partial charge in [0.25, 0.3) is 0 Å². The van der Waals surface area contributed by atoms with Crippen molar-refractivity contribution < 1.29 is 15.3 Å². The Morgan fingerprint density at radius 3 is 1.71 bits per heavy atom. The SMILES string of the molecule is Oc1cc(O)c(/C=N/N(c2ccccc2)c2ccccc2)cc1O. The molecule has 3 N–H and O–H groups in total. The van der Waals surface area contributed by atoms with Crippen LogP contribution in [0.25, 0.3) is 0 Å². The average Bonchev–Trinajstić information content (AvgIpc) is 2.61. The molecule has 0 aliphatic carbocycles. The van der Waals surface area contributed by atoms with E-state index in [-0.39, 0.29) is 17.2 Å². The van der Waals surface area contributed by atoms with Crippen molar-refractivity contribution in [1.29, 1.82) is 0 Å². The number of phenolic OH excluding ortho intramolecular Hbond substituents is 3. The van der Waals surface area contributed by atoms with Crippen LogP contribution in [0.4, 0.5) is 11.4 Å². The first-order valence-electron chi connectivity index (χ1n) is 7.34. The molecule has 0 bridgehead atoms. The molecule has 0 aliphatic rings. The van der Waals surface area contributed by atoms with E-state index in [2.05, 4.69) is 5.10 Å². The quantitative estimate of drug-likeness (QED) is 0.294. The normalized spacial score (nSPS) is 10.8. The Balaban J connectivity index is 2.00. The van der Waals surface area contributed by atoms with Gasteiger partial charge in [-0.3, -0.25) is 0 Å². The molecule has 0 aliphatic heterocycles. The van der Waals surface area contributed by atoms with E-state index in [1.54, 1.807) is 5.01 Å². The maximum absolute atomic E-state index is 9.89. The van der Waals surface area contributed by atoms with Gasteiger partial charge < -0.3 is 15.3 Å². The maximum atomic E-state index is 9.89. The molecular weight excluding hydrogens is 304 g/mol. The summed E-state index contributed by atoms with van der Waals surface area (Å²) in [7, 11) is 0. The molecule has 3 rings (SSSR count). The Kier molecular flexibility index (Phi) is 4.34. The second kappa shape index (κ2) is 6.75. The summed E-state index contributed by atoms with van der Waals surface area (Å²) in [5.74, 6) is -0.872. The lowest BCUT2D eigenvalue weighted by molar-refractivity contribution is 0.396. The highest BCUT2D eigenvalue weighted by Gasteiger charge is 2.09. The predicted molar refractivity (Wildman–Crippen MR) is 94.1 cm³/mol. The molecule has 0 unspecified atom stereocenters. The summed E-state index contributed by atoms with van der Waals surface area (Å²) in [4.78, 5) is 0. The second-order valence-corrected chi connectivity index (χ2v) is 5.13. The summed E-state index contributed by atoms with van der Waals surface area (Å²) in [5, 5.41) is 35.0. The van der Waals surface area contributed by atoms with Gasteiger partial charge in [-0.2, -0.15) is 5.10 Å². The van der Waals surface area contributed by atoms with Gasteiger partial charge >= 0.3 is 0 Å². The van der Waals surface area contributed by atoms with Crippen LogP contribution in [0.2, 0.25) is 0 Å². The van der Waals surface area contributed by atoms with E-state index in [0.717, 1.165) is 17.4 Å². The molecule has 3 aromatic carbocycles. The van der Waals surface area contributed by atoms with Crippen LogP contribution in [0.1, 0.15) is 5.56 Å². The zero-order valence-corrected chi connectivity index (χ0v) is 12.7. The number of phenols is 3. The lowest BCUT2D eigenvalue weighted by Crippen LogP contribution is -2.09. The van der Waals surface area contributed by atoms with Crippen molar-refractivity contribution in [2.45, 2.75) is 0 Å². The number of aromatic hydroxyl groups is 3. The third-order valence-electron chi connectivity index (χ3n) is 3.44. The number of hydrogen-bond acceptors (Lipinski definition) is 5. The molecule has 5 nitrogen and oxygen atoms in total. The van der Waals surface area contributed by atoms with E-state index in [0.29, 0.717) is 5.56 Å². The fourth-order valence-corrected chi connectivity index (χ4v) is 2.23.